The molecule has 0 unspecified atom stereocenters. The van der Waals surface area contributed by atoms with E-state index < -0.39 is 0 Å². The van der Waals surface area contributed by atoms with E-state index in [1.165, 1.54) is 0 Å². The van der Waals surface area contributed by atoms with Gasteiger partial charge in [-0.25, -0.2) is 4.98 Å². The van der Waals surface area contributed by atoms with E-state index in [-0.39, 0.29) is 0 Å². The van der Waals surface area contributed by atoms with Crippen LogP contribution in [0, 0.1) is 0 Å². The number of H-pyrrole nitrogens is 1. The summed E-state index contributed by atoms with van der Waals surface area (Å²) in [4.78, 5) is 4.30. The minimum absolute atomic E-state index is 0.553. The largest absolute Gasteiger partial charge is 0.313 e. The fourth-order valence-corrected chi connectivity index (χ4v) is 1.71. The van der Waals surface area contributed by atoms with Crippen LogP contribution in [-0.4, -0.2) is 22.2 Å². The van der Waals surface area contributed by atoms with E-state index >= 15 is 0 Å². The molecule has 2 rings (SSSR count). The lowest BCUT2D eigenvalue weighted by Crippen LogP contribution is -2.06. The highest BCUT2D eigenvalue weighted by Crippen LogP contribution is 2.27. The summed E-state index contributed by atoms with van der Waals surface area (Å²) in [6.45, 7) is 0.630. The molecule has 2 N–H and O–H groups in total. The number of nitrogens with one attached hydrogen (secondary N) is 2. The lowest BCUT2D eigenvalue weighted by atomic mass is 10.2. The molecular formula is C10H10Cl2N4. The fourth-order valence-electron chi connectivity index (χ4n) is 1.33. The molecule has 0 saturated carbocycles. The van der Waals surface area contributed by atoms with Crippen LogP contribution in [-0.2, 0) is 6.54 Å². The normalized spacial score (nSPS) is 10.7. The molecule has 2 aromatic rings. The molecule has 6 heteroatoms. The molecule has 1 heterocycles. The summed E-state index contributed by atoms with van der Waals surface area (Å²) in [7, 11) is 1.84. The van der Waals surface area contributed by atoms with E-state index in [1.54, 1.807) is 18.2 Å². The Morgan fingerprint density at radius 1 is 1.38 bits per heavy atom. The molecule has 0 saturated heterocycles. The molecular weight excluding hydrogens is 247 g/mol. The SMILES string of the molecule is CNCc1nc(-c2cc(Cl)ccc2Cl)n[nH]1. The Labute approximate surface area is 103 Å². The first-order chi connectivity index (χ1) is 7.70. The zero-order valence-electron chi connectivity index (χ0n) is 8.59. The molecule has 0 fully saturated rings. The maximum absolute atomic E-state index is 6.05. The number of aromatic amines is 1. The second-order valence-corrected chi connectivity index (χ2v) is 4.10. The van der Waals surface area contributed by atoms with Crippen LogP contribution in [0.2, 0.25) is 10.0 Å². The van der Waals surface area contributed by atoms with Gasteiger partial charge in [-0.3, -0.25) is 5.10 Å². The highest BCUT2D eigenvalue weighted by atomic mass is 35.5. The van der Waals surface area contributed by atoms with Gasteiger partial charge in [-0.05, 0) is 25.2 Å². The van der Waals surface area contributed by atoms with Crippen molar-refractivity contribution in [2.75, 3.05) is 7.05 Å². The van der Waals surface area contributed by atoms with E-state index in [9.17, 15) is 0 Å². The van der Waals surface area contributed by atoms with E-state index in [0.29, 0.717) is 22.4 Å². The fraction of sp³-hybridized carbons (Fsp3) is 0.200. The van der Waals surface area contributed by atoms with Gasteiger partial charge in [0.1, 0.15) is 5.82 Å². The lowest BCUT2D eigenvalue weighted by Gasteiger charge is -1.99. The first-order valence-corrected chi connectivity index (χ1v) is 5.47. The number of benzene rings is 1. The van der Waals surface area contributed by atoms with Gasteiger partial charge in [0.2, 0.25) is 0 Å². The van der Waals surface area contributed by atoms with Crippen molar-refractivity contribution in [3.05, 3.63) is 34.1 Å². The van der Waals surface area contributed by atoms with Crippen molar-refractivity contribution in [3.8, 4) is 11.4 Å². The van der Waals surface area contributed by atoms with Crippen molar-refractivity contribution in [2.24, 2.45) is 0 Å². The zero-order valence-corrected chi connectivity index (χ0v) is 10.1. The summed E-state index contributed by atoms with van der Waals surface area (Å²) in [5.41, 5.74) is 0.729. The molecule has 0 atom stereocenters. The third-order valence-corrected chi connectivity index (χ3v) is 2.61. The molecule has 1 aromatic heterocycles. The van der Waals surface area contributed by atoms with Crippen LogP contribution in [0.3, 0.4) is 0 Å². The molecule has 0 aliphatic rings. The summed E-state index contributed by atoms with van der Waals surface area (Å²) < 4.78 is 0. The van der Waals surface area contributed by atoms with Crippen LogP contribution >= 0.6 is 23.2 Å². The van der Waals surface area contributed by atoms with E-state index in [0.717, 1.165) is 11.4 Å². The number of halogens is 2. The van der Waals surface area contributed by atoms with Gasteiger partial charge in [-0.2, -0.15) is 5.10 Å². The Balaban J connectivity index is 2.38. The Kier molecular flexibility index (Phi) is 3.43. The molecule has 0 aliphatic carbocycles. The summed E-state index contributed by atoms with van der Waals surface area (Å²) in [6, 6.07) is 5.21. The van der Waals surface area contributed by atoms with Crippen LogP contribution in [0.1, 0.15) is 5.82 Å². The topological polar surface area (TPSA) is 53.6 Å². The van der Waals surface area contributed by atoms with Gasteiger partial charge in [-0.1, -0.05) is 23.2 Å². The first kappa shape index (κ1) is 11.4. The highest BCUT2D eigenvalue weighted by Gasteiger charge is 2.09. The molecule has 0 radical (unpaired) electrons. The second kappa shape index (κ2) is 4.82. The summed E-state index contributed by atoms with van der Waals surface area (Å²) in [5.74, 6) is 1.31. The van der Waals surface area contributed by atoms with Gasteiger partial charge in [-0.15, -0.1) is 0 Å². The van der Waals surface area contributed by atoms with Crippen molar-refractivity contribution >= 4 is 23.2 Å². The number of hydrogen-bond donors (Lipinski definition) is 2. The molecule has 16 heavy (non-hydrogen) atoms. The van der Waals surface area contributed by atoms with Gasteiger partial charge >= 0.3 is 0 Å². The number of nitrogens with zero attached hydrogens (tertiary/aromatic N) is 2. The van der Waals surface area contributed by atoms with Crippen LogP contribution in [0.4, 0.5) is 0 Å². The highest BCUT2D eigenvalue weighted by molar-refractivity contribution is 6.35. The molecule has 0 aliphatic heterocycles. The zero-order chi connectivity index (χ0) is 11.5. The van der Waals surface area contributed by atoms with Crippen molar-refractivity contribution in [1.82, 2.24) is 20.5 Å². The van der Waals surface area contributed by atoms with E-state index in [4.69, 9.17) is 23.2 Å². The van der Waals surface area contributed by atoms with Gasteiger partial charge in [0.25, 0.3) is 0 Å². The molecule has 4 nitrogen and oxygen atoms in total. The minimum Gasteiger partial charge on any atom is -0.313 e. The number of hydrogen-bond acceptors (Lipinski definition) is 3. The monoisotopic (exact) mass is 256 g/mol. The third-order valence-electron chi connectivity index (χ3n) is 2.05. The minimum atomic E-state index is 0.553. The van der Waals surface area contributed by atoms with E-state index in [2.05, 4.69) is 20.5 Å². The predicted molar refractivity (Wildman–Crippen MR) is 64.6 cm³/mol. The Hall–Kier alpha value is -1.10. The quantitative estimate of drug-likeness (QED) is 0.888. The second-order valence-electron chi connectivity index (χ2n) is 3.26. The average molecular weight is 257 g/mol. The Morgan fingerprint density at radius 2 is 2.19 bits per heavy atom. The molecule has 1 aromatic carbocycles. The number of rotatable bonds is 3. The maximum Gasteiger partial charge on any atom is 0.182 e. The lowest BCUT2D eigenvalue weighted by molar-refractivity contribution is 0.763. The summed E-state index contributed by atoms with van der Waals surface area (Å²) >= 11 is 11.9. The van der Waals surface area contributed by atoms with Gasteiger partial charge in [0.15, 0.2) is 5.82 Å². The van der Waals surface area contributed by atoms with Crippen LogP contribution in [0.5, 0.6) is 0 Å². The third kappa shape index (κ3) is 2.35. The van der Waals surface area contributed by atoms with Crippen molar-refractivity contribution in [1.29, 1.82) is 0 Å². The molecule has 0 spiro atoms. The predicted octanol–water partition coefficient (Wildman–Crippen LogP) is 2.50. The summed E-state index contributed by atoms with van der Waals surface area (Å²) in [5, 5.41) is 11.1. The van der Waals surface area contributed by atoms with Crippen molar-refractivity contribution in [3.63, 3.8) is 0 Å². The summed E-state index contributed by atoms with van der Waals surface area (Å²) in [6.07, 6.45) is 0. The van der Waals surface area contributed by atoms with Crippen LogP contribution in [0.15, 0.2) is 18.2 Å². The van der Waals surface area contributed by atoms with Crippen molar-refractivity contribution < 1.29 is 0 Å². The van der Waals surface area contributed by atoms with Crippen LogP contribution in [0.25, 0.3) is 11.4 Å². The van der Waals surface area contributed by atoms with Gasteiger partial charge < -0.3 is 5.32 Å². The average Bonchev–Trinajstić information content (AvgIpc) is 2.71. The standard InChI is InChI=1S/C10H10Cl2N4/c1-13-5-9-14-10(16-15-9)7-4-6(11)2-3-8(7)12/h2-4,13H,5H2,1H3,(H,14,15,16). The Morgan fingerprint density at radius 3 is 2.94 bits per heavy atom. The Bertz CT molecular complexity index is 495. The molecule has 84 valence electrons. The van der Waals surface area contributed by atoms with Gasteiger partial charge in [0, 0.05) is 10.6 Å². The van der Waals surface area contributed by atoms with Gasteiger partial charge in [0.05, 0.1) is 11.6 Å². The smallest absolute Gasteiger partial charge is 0.182 e. The van der Waals surface area contributed by atoms with Crippen molar-refractivity contribution in [2.45, 2.75) is 6.54 Å². The molecule has 0 amide bonds. The van der Waals surface area contributed by atoms with Crippen LogP contribution < -0.4 is 5.32 Å². The molecule has 0 bridgehead atoms. The number of aromatic nitrogens is 3. The maximum atomic E-state index is 6.05. The first-order valence-electron chi connectivity index (χ1n) is 4.72. The van der Waals surface area contributed by atoms with E-state index in [1.807, 2.05) is 7.05 Å².